The minimum atomic E-state index is -1.17. The third-order valence-corrected chi connectivity index (χ3v) is 5.29. The van der Waals surface area contributed by atoms with Crippen molar-refractivity contribution in [2.24, 2.45) is 0 Å². The summed E-state index contributed by atoms with van der Waals surface area (Å²) in [5.74, 6) is -1.63. The van der Waals surface area contributed by atoms with Gasteiger partial charge in [-0.2, -0.15) is 4.89 Å². The third kappa shape index (κ3) is 7.61. The predicted molar refractivity (Wildman–Crippen MR) is 67.0 cm³/mol. The Balaban J connectivity index is 0. The molecule has 98 valence electrons. The molecular weight excluding hydrogens is 250 g/mol. The Morgan fingerprint density at radius 2 is 1.12 bits per heavy atom. The smallest absolute Gasteiger partial charge is 0.388 e. The van der Waals surface area contributed by atoms with Crippen LogP contribution in [-0.4, -0.2) is 37.7 Å². The third-order valence-electron chi connectivity index (χ3n) is 2.13. The van der Waals surface area contributed by atoms with Gasteiger partial charge in [-0.25, -0.2) is 0 Å². The zero-order valence-electron chi connectivity index (χ0n) is 10.00. The van der Waals surface area contributed by atoms with Crippen LogP contribution in [-0.2, 0) is 4.57 Å². The Morgan fingerprint density at radius 1 is 0.938 bits per heavy atom. The van der Waals surface area contributed by atoms with Crippen LogP contribution in [0.3, 0.4) is 0 Å². The average Bonchev–Trinajstić information content (AvgIpc) is 2.29. The lowest BCUT2D eigenvalue weighted by Gasteiger charge is -2.30. The van der Waals surface area contributed by atoms with E-state index in [1.165, 1.54) is 0 Å². The molecule has 7 heteroatoms. The van der Waals surface area contributed by atoms with Crippen LogP contribution < -0.4 is 0 Å². The fourth-order valence-corrected chi connectivity index (χ4v) is 3.69. The van der Waals surface area contributed by atoms with E-state index in [1.807, 2.05) is 20.8 Å². The van der Waals surface area contributed by atoms with E-state index in [0.717, 1.165) is 0 Å². The molecule has 0 aliphatic heterocycles. The number of hydrogen-bond acceptors (Lipinski definition) is 4. The predicted octanol–water partition coefficient (Wildman–Crippen LogP) is 1.57. The molecule has 0 spiro atoms. The maximum Gasteiger partial charge on any atom is 0.491 e. The second-order valence-electron chi connectivity index (χ2n) is 3.21. The summed E-state index contributed by atoms with van der Waals surface area (Å²) < 4.78 is 8.51. The molecule has 0 radical (unpaired) electrons. The van der Waals surface area contributed by atoms with Gasteiger partial charge < -0.3 is 15.3 Å². The quantitative estimate of drug-likeness (QED) is 0.551. The monoisotopic (exact) mass is 273 g/mol. The van der Waals surface area contributed by atoms with Gasteiger partial charge in [0, 0.05) is 0 Å². The van der Waals surface area contributed by atoms with Crippen molar-refractivity contribution < 1.29 is 24.8 Å². The van der Waals surface area contributed by atoms with Gasteiger partial charge in [-0.05, 0) is 31.7 Å². The van der Waals surface area contributed by atoms with Gasteiger partial charge >= 0.3 is 8.69 Å². The molecule has 0 rings (SSSR count). The van der Waals surface area contributed by atoms with Crippen molar-refractivity contribution in [3.63, 3.8) is 0 Å². The standard InChI is InChI=1S/C9H21O3P.HO2P/c1-4-7(10)13(8(11)5-2)9(12)6-3;1-3-2/h7-12H,4-6H2,1-3H3;3H/p+1. The van der Waals surface area contributed by atoms with E-state index in [-0.39, 0.29) is 0 Å². The minimum Gasteiger partial charge on any atom is -0.388 e. The van der Waals surface area contributed by atoms with Crippen molar-refractivity contribution >= 4 is 16.6 Å². The van der Waals surface area contributed by atoms with Crippen LogP contribution >= 0.6 is 16.6 Å². The molecule has 0 aliphatic carbocycles. The summed E-state index contributed by atoms with van der Waals surface area (Å²) in [6.45, 7) is 5.60. The van der Waals surface area contributed by atoms with E-state index in [9.17, 15) is 15.3 Å². The summed E-state index contributed by atoms with van der Waals surface area (Å²) in [4.78, 5) is 7.04. The van der Waals surface area contributed by atoms with Gasteiger partial charge in [-0.3, -0.25) is 0 Å². The van der Waals surface area contributed by atoms with Crippen LogP contribution in [0.2, 0.25) is 0 Å². The maximum atomic E-state index is 9.63. The van der Waals surface area contributed by atoms with Crippen molar-refractivity contribution in [3.05, 3.63) is 0 Å². The fourth-order valence-electron chi connectivity index (χ4n) is 1.23. The lowest BCUT2D eigenvalue weighted by atomic mass is 10.5. The second kappa shape index (κ2) is 11.8. The first-order valence-corrected chi connectivity index (χ1v) is 7.73. The molecule has 4 N–H and O–H groups in total. The van der Waals surface area contributed by atoms with Crippen LogP contribution in [0, 0.1) is 0 Å². The molecule has 0 aliphatic rings. The highest BCUT2D eigenvalue weighted by molar-refractivity contribution is 7.59. The Hall–Kier alpha value is 0.370. The molecule has 4 unspecified atom stereocenters. The zero-order valence-corrected chi connectivity index (χ0v) is 11.9. The summed E-state index contributed by atoms with van der Waals surface area (Å²) in [5.41, 5.74) is 0. The van der Waals surface area contributed by atoms with Gasteiger partial charge in [0.15, 0.2) is 0 Å². The fraction of sp³-hybridized carbons (Fsp3) is 1.00. The Bertz CT molecular complexity index is 146. The molecule has 4 atom stereocenters. The molecule has 0 fully saturated rings. The molecular formula is C9H23O5P2+. The van der Waals surface area contributed by atoms with Crippen molar-refractivity contribution in [1.29, 1.82) is 0 Å². The van der Waals surface area contributed by atoms with Gasteiger partial charge in [0.05, 0.1) is 17.5 Å². The van der Waals surface area contributed by atoms with Crippen molar-refractivity contribution in [3.8, 4) is 0 Å². The Kier molecular flexibility index (Phi) is 13.9. The summed E-state index contributed by atoms with van der Waals surface area (Å²) in [5, 5.41) is 28.9. The molecule has 5 nitrogen and oxygen atoms in total. The number of aliphatic hydroxyl groups is 3. The van der Waals surface area contributed by atoms with E-state index in [4.69, 9.17) is 9.46 Å². The molecule has 0 aromatic carbocycles. The summed E-state index contributed by atoms with van der Waals surface area (Å²) in [7, 11) is -2.24. The van der Waals surface area contributed by atoms with Crippen LogP contribution in [0.5, 0.6) is 0 Å². The van der Waals surface area contributed by atoms with Crippen LogP contribution in [0.1, 0.15) is 40.0 Å². The molecule has 0 heterocycles. The van der Waals surface area contributed by atoms with Gasteiger partial charge in [0.1, 0.15) is 0 Å². The van der Waals surface area contributed by atoms with E-state index in [2.05, 4.69) is 0 Å². The lowest BCUT2D eigenvalue weighted by Crippen LogP contribution is -2.21. The summed E-state index contributed by atoms with van der Waals surface area (Å²) >= 11 is 0. The van der Waals surface area contributed by atoms with E-state index >= 15 is 0 Å². The maximum absolute atomic E-state index is 9.63. The summed E-state index contributed by atoms with van der Waals surface area (Å²) in [6.07, 6.45) is 1.79. The Labute approximate surface area is 99.5 Å². The average molecular weight is 273 g/mol. The van der Waals surface area contributed by atoms with Gasteiger partial charge in [0.2, 0.25) is 0 Å². The topological polar surface area (TPSA) is 98.0 Å². The second-order valence-corrected chi connectivity index (χ2v) is 6.07. The zero-order chi connectivity index (χ0) is 13.1. The van der Waals surface area contributed by atoms with Crippen LogP contribution in [0.15, 0.2) is 0 Å². The van der Waals surface area contributed by atoms with E-state index in [1.54, 1.807) is 0 Å². The van der Waals surface area contributed by atoms with E-state index < -0.39 is 34.1 Å². The van der Waals surface area contributed by atoms with Gasteiger partial charge in [-0.15, -0.1) is 0 Å². The minimum absolute atomic E-state index is 0.542. The largest absolute Gasteiger partial charge is 0.491 e. The number of rotatable bonds is 6. The molecule has 0 bridgehead atoms. The number of aliphatic hydroxyl groups excluding tert-OH is 3. The molecule has 0 saturated carbocycles. The molecule has 0 aromatic heterocycles. The normalized spacial score (nSPS) is 18.2. The SMILES string of the molecule is CCC(O)P(C(O)CC)C(O)CC.O=[PH+]O. The highest BCUT2D eigenvalue weighted by Gasteiger charge is 2.29. The van der Waals surface area contributed by atoms with Gasteiger partial charge in [-0.1, -0.05) is 20.8 Å². The highest BCUT2D eigenvalue weighted by Crippen LogP contribution is 2.51. The molecule has 0 aromatic rings. The molecule has 0 amide bonds. The van der Waals surface area contributed by atoms with Crippen molar-refractivity contribution in [2.45, 2.75) is 57.6 Å². The number of hydrogen-bond donors (Lipinski definition) is 4. The lowest BCUT2D eigenvalue weighted by molar-refractivity contribution is 0.187. The van der Waals surface area contributed by atoms with Crippen LogP contribution in [0.25, 0.3) is 0 Å². The molecule has 0 saturated heterocycles. The Morgan fingerprint density at radius 3 is 1.25 bits per heavy atom. The van der Waals surface area contributed by atoms with E-state index in [0.29, 0.717) is 19.3 Å². The first-order chi connectivity index (χ1) is 7.49. The van der Waals surface area contributed by atoms with Crippen molar-refractivity contribution in [2.75, 3.05) is 0 Å². The van der Waals surface area contributed by atoms with Crippen LogP contribution in [0.4, 0.5) is 0 Å². The van der Waals surface area contributed by atoms with Gasteiger partial charge in [0.25, 0.3) is 0 Å². The molecule has 16 heavy (non-hydrogen) atoms. The summed E-state index contributed by atoms with van der Waals surface area (Å²) in [6, 6.07) is 0. The first kappa shape index (κ1) is 18.7. The highest BCUT2D eigenvalue weighted by atomic mass is 31.1. The van der Waals surface area contributed by atoms with Crippen molar-refractivity contribution in [1.82, 2.24) is 0 Å². The first-order valence-electron chi connectivity index (χ1n) is 5.32.